The summed E-state index contributed by atoms with van der Waals surface area (Å²) in [6.45, 7) is 2.34. The zero-order valence-electron chi connectivity index (χ0n) is 11.1. The number of rotatable bonds is 4. The lowest BCUT2D eigenvalue weighted by Crippen LogP contribution is -2.21. The molecular weight excluding hydrogens is 274 g/mol. The molecule has 0 bridgehead atoms. The van der Waals surface area contributed by atoms with Gasteiger partial charge in [0.2, 0.25) is 0 Å². The second-order valence-corrected chi connectivity index (χ2v) is 5.21. The molecule has 2 aromatic rings. The highest BCUT2D eigenvalue weighted by Crippen LogP contribution is 2.21. The predicted octanol–water partition coefficient (Wildman–Crippen LogP) is 2.31. The molecule has 0 atom stereocenters. The van der Waals surface area contributed by atoms with E-state index in [1.165, 1.54) is 11.3 Å². The van der Waals surface area contributed by atoms with Gasteiger partial charge >= 0.3 is 0 Å². The second kappa shape index (κ2) is 6.94. The first-order chi connectivity index (χ1) is 9.70. The summed E-state index contributed by atoms with van der Waals surface area (Å²) < 4.78 is 5.16. The number of nitrogens with one attached hydrogen (secondary N) is 1. The van der Waals surface area contributed by atoms with Gasteiger partial charge in [-0.3, -0.25) is 4.79 Å². The molecule has 5 heteroatoms. The third-order valence-electron chi connectivity index (χ3n) is 2.58. The van der Waals surface area contributed by atoms with Crippen LogP contribution < -0.4 is 5.32 Å². The van der Waals surface area contributed by atoms with E-state index in [4.69, 9.17) is 9.52 Å². The van der Waals surface area contributed by atoms with Gasteiger partial charge in [0.1, 0.15) is 5.76 Å². The largest absolute Gasteiger partial charge is 0.467 e. The zero-order chi connectivity index (χ0) is 14.4. The van der Waals surface area contributed by atoms with Gasteiger partial charge in [0.05, 0.1) is 29.2 Å². The quantitative estimate of drug-likeness (QED) is 0.849. The monoisotopic (exact) mass is 289 g/mol. The lowest BCUT2D eigenvalue weighted by Gasteiger charge is -1.99. The van der Waals surface area contributed by atoms with Crippen LogP contribution in [-0.2, 0) is 6.54 Å². The first-order valence-electron chi connectivity index (χ1n) is 6.21. The average molecular weight is 289 g/mol. The van der Waals surface area contributed by atoms with Crippen molar-refractivity contribution in [3.8, 4) is 11.8 Å². The predicted molar refractivity (Wildman–Crippen MR) is 77.5 cm³/mol. The summed E-state index contributed by atoms with van der Waals surface area (Å²) in [5.74, 6) is 6.41. The molecule has 0 aliphatic rings. The minimum Gasteiger partial charge on any atom is -0.467 e. The standard InChI is InChI=1S/C15H15NO3S/c1-11-9-14(20-13(11)6-2-3-7-17)15(18)16-10-12-5-4-8-19-12/h4-5,8-9,17H,3,7,10H2,1H3,(H,16,18). The van der Waals surface area contributed by atoms with E-state index in [1.54, 1.807) is 12.3 Å². The molecule has 0 aliphatic heterocycles. The van der Waals surface area contributed by atoms with E-state index in [-0.39, 0.29) is 12.5 Å². The Balaban J connectivity index is 2.00. The Hall–Kier alpha value is -2.03. The number of aryl methyl sites for hydroxylation is 1. The number of hydrogen-bond acceptors (Lipinski definition) is 4. The second-order valence-electron chi connectivity index (χ2n) is 4.16. The van der Waals surface area contributed by atoms with Crippen LogP contribution in [0.15, 0.2) is 28.9 Å². The van der Waals surface area contributed by atoms with E-state index in [1.807, 2.05) is 19.1 Å². The highest BCUT2D eigenvalue weighted by atomic mass is 32.1. The SMILES string of the molecule is Cc1cc(C(=O)NCc2ccco2)sc1C#CCCO. The number of amides is 1. The zero-order valence-corrected chi connectivity index (χ0v) is 11.9. The number of thiophene rings is 1. The summed E-state index contributed by atoms with van der Waals surface area (Å²) in [6, 6.07) is 5.42. The first-order valence-corrected chi connectivity index (χ1v) is 7.03. The molecule has 2 heterocycles. The van der Waals surface area contributed by atoms with Crippen LogP contribution in [0, 0.1) is 18.8 Å². The third kappa shape index (κ3) is 3.73. The van der Waals surface area contributed by atoms with E-state index in [0.29, 0.717) is 17.8 Å². The topological polar surface area (TPSA) is 62.5 Å². The van der Waals surface area contributed by atoms with Crippen molar-refractivity contribution in [1.82, 2.24) is 5.32 Å². The number of carbonyl (C=O) groups excluding carboxylic acids is 1. The van der Waals surface area contributed by atoms with Gasteiger partial charge in [0.25, 0.3) is 5.91 Å². The van der Waals surface area contributed by atoms with Crippen LogP contribution in [0.4, 0.5) is 0 Å². The molecule has 104 valence electrons. The summed E-state index contributed by atoms with van der Waals surface area (Å²) in [4.78, 5) is 13.5. The minimum atomic E-state index is -0.135. The molecule has 4 nitrogen and oxygen atoms in total. The molecule has 0 saturated carbocycles. The number of aliphatic hydroxyl groups excluding tert-OH is 1. The fourth-order valence-corrected chi connectivity index (χ4v) is 2.55. The smallest absolute Gasteiger partial charge is 0.261 e. The van der Waals surface area contributed by atoms with Crippen LogP contribution in [0.1, 0.15) is 32.3 Å². The Morgan fingerprint density at radius 3 is 3.10 bits per heavy atom. The van der Waals surface area contributed by atoms with Gasteiger partial charge in [-0.05, 0) is 30.7 Å². The highest BCUT2D eigenvalue weighted by Gasteiger charge is 2.11. The van der Waals surface area contributed by atoms with Crippen LogP contribution in [0.25, 0.3) is 0 Å². The molecule has 0 aromatic carbocycles. The summed E-state index contributed by atoms with van der Waals surface area (Å²) in [5.41, 5.74) is 0.976. The summed E-state index contributed by atoms with van der Waals surface area (Å²) in [5, 5.41) is 11.5. The Kier molecular flexibility index (Phi) is 4.99. The Bertz CT molecular complexity index is 632. The molecule has 0 fully saturated rings. The van der Waals surface area contributed by atoms with E-state index in [2.05, 4.69) is 17.2 Å². The molecule has 0 radical (unpaired) electrons. The molecule has 0 unspecified atom stereocenters. The lowest BCUT2D eigenvalue weighted by atomic mass is 10.2. The molecule has 2 rings (SSSR count). The van der Waals surface area contributed by atoms with Crippen molar-refractivity contribution in [3.05, 3.63) is 45.5 Å². The summed E-state index contributed by atoms with van der Waals surface area (Å²) in [7, 11) is 0. The molecule has 2 N–H and O–H groups in total. The first kappa shape index (κ1) is 14.4. The Morgan fingerprint density at radius 1 is 1.55 bits per heavy atom. The lowest BCUT2D eigenvalue weighted by molar-refractivity contribution is 0.0952. The highest BCUT2D eigenvalue weighted by molar-refractivity contribution is 7.14. The maximum Gasteiger partial charge on any atom is 0.261 e. The van der Waals surface area contributed by atoms with E-state index in [0.717, 1.165) is 16.2 Å². The molecule has 2 aromatic heterocycles. The van der Waals surface area contributed by atoms with Crippen LogP contribution in [0.2, 0.25) is 0 Å². The number of aliphatic hydroxyl groups is 1. The van der Waals surface area contributed by atoms with Gasteiger partial charge in [-0.25, -0.2) is 0 Å². The number of carbonyl (C=O) groups is 1. The normalized spacial score (nSPS) is 9.90. The van der Waals surface area contributed by atoms with Crippen LogP contribution in [-0.4, -0.2) is 17.6 Å². The van der Waals surface area contributed by atoms with Gasteiger partial charge in [-0.2, -0.15) is 0 Å². The van der Waals surface area contributed by atoms with Crippen LogP contribution in [0.3, 0.4) is 0 Å². The van der Waals surface area contributed by atoms with E-state index in [9.17, 15) is 4.79 Å². The van der Waals surface area contributed by atoms with Crippen molar-refractivity contribution in [2.45, 2.75) is 19.9 Å². The van der Waals surface area contributed by atoms with Gasteiger partial charge < -0.3 is 14.8 Å². The van der Waals surface area contributed by atoms with E-state index >= 15 is 0 Å². The maximum absolute atomic E-state index is 12.0. The van der Waals surface area contributed by atoms with Crippen LogP contribution >= 0.6 is 11.3 Å². The fourth-order valence-electron chi connectivity index (χ4n) is 1.58. The van der Waals surface area contributed by atoms with Gasteiger partial charge in [-0.1, -0.05) is 11.8 Å². The van der Waals surface area contributed by atoms with Crippen molar-refractivity contribution in [2.75, 3.05) is 6.61 Å². The Labute approximate surface area is 121 Å². The van der Waals surface area contributed by atoms with Crippen LogP contribution in [0.5, 0.6) is 0 Å². The maximum atomic E-state index is 12.0. The minimum absolute atomic E-state index is 0.0495. The van der Waals surface area contributed by atoms with E-state index < -0.39 is 0 Å². The summed E-state index contributed by atoms with van der Waals surface area (Å²) in [6.07, 6.45) is 2.02. The molecule has 1 amide bonds. The fraction of sp³-hybridized carbons (Fsp3) is 0.267. The third-order valence-corrected chi connectivity index (χ3v) is 3.73. The van der Waals surface area contributed by atoms with Crippen molar-refractivity contribution in [3.63, 3.8) is 0 Å². The molecule has 0 aliphatic carbocycles. The summed E-state index contributed by atoms with van der Waals surface area (Å²) >= 11 is 1.36. The van der Waals surface area contributed by atoms with Gasteiger partial charge in [0.15, 0.2) is 0 Å². The molecular formula is C15H15NO3S. The van der Waals surface area contributed by atoms with Gasteiger partial charge in [-0.15, -0.1) is 11.3 Å². The molecule has 0 spiro atoms. The molecule has 20 heavy (non-hydrogen) atoms. The molecule has 0 saturated heterocycles. The van der Waals surface area contributed by atoms with Crippen molar-refractivity contribution < 1.29 is 14.3 Å². The van der Waals surface area contributed by atoms with Crippen molar-refractivity contribution in [1.29, 1.82) is 0 Å². The average Bonchev–Trinajstić information content (AvgIpc) is 3.07. The van der Waals surface area contributed by atoms with Crippen molar-refractivity contribution >= 4 is 17.2 Å². The Morgan fingerprint density at radius 2 is 2.40 bits per heavy atom. The number of furan rings is 1. The van der Waals surface area contributed by atoms with Gasteiger partial charge in [0, 0.05) is 6.42 Å². The van der Waals surface area contributed by atoms with Crippen molar-refractivity contribution in [2.24, 2.45) is 0 Å². The number of hydrogen-bond donors (Lipinski definition) is 2.